The summed E-state index contributed by atoms with van der Waals surface area (Å²) in [7, 11) is 4.72. The van der Waals surface area contributed by atoms with Gasteiger partial charge in [0, 0.05) is 30.0 Å². The van der Waals surface area contributed by atoms with E-state index in [4.69, 9.17) is 25.8 Å². The summed E-state index contributed by atoms with van der Waals surface area (Å²) >= 11 is 6.17. The highest BCUT2D eigenvalue weighted by atomic mass is 35.5. The number of ether oxygens (including phenoxy) is 3. The van der Waals surface area contributed by atoms with Crippen molar-refractivity contribution < 1.29 is 19.0 Å². The minimum absolute atomic E-state index is 0.0341. The number of hydrogen-bond donors (Lipinski definition) is 1. The van der Waals surface area contributed by atoms with Gasteiger partial charge in [-0.15, -0.1) is 0 Å². The Morgan fingerprint density at radius 1 is 1.22 bits per heavy atom. The molecule has 0 aliphatic heterocycles. The Morgan fingerprint density at radius 3 is 2.35 bits per heavy atom. The number of nitrogens with one attached hydrogen (secondary N) is 1. The summed E-state index contributed by atoms with van der Waals surface area (Å²) in [6.07, 6.45) is 0.127. The monoisotopic (exact) mass is 341 g/mol. The number of methoxy groups -OCH3 is 3. The molecular formula is C17H24ClNO4. The highest BCUT2D eigenvalue weighted by Gasteiger charge is 2.55. The Balaban J connectivity index is 2.21. The van der Waals surface area contributed by atoms with Crippen LogP contribution in [0.2, 0.25) is 5.02 Å². The SMILES string of the molecule is COc1cc(C(=O)N[C@@H]2[C@@H](C)[C@H](OC)C2(C)C)cc(Cl)c1OC. The van der Waals surface area contributed by atoms with Gasteiger partial charge in [0.1, 0.15) is 0 Å². The Hall–Kier alpha value is -1.46. The third kappa shape index (κ3) is 3.00. The predicted octanol–water partition coefficient (Wildman–Crippen LogP) is 3.15. The molecule has 0 radical (unpaired) electrons. The number of carbonyl (C=O) groups is 1. The van der Waals surface area contributed by atoms with Crippen LogP contribution in [-0.2, 0) is 4.74 Å². The molecule has 5 nitrogen and oxygen atoms in total. The fraction of sp³-hybridized carbons (Fsp3) is 0.588. The molecule has 0 aromatic heterocycles. The second-order valence-electron chi connectivity index (χ2n) is 6.48. The van der Waals surface area contributed by atoms with Crippen molar-refractivity contribution in [3.05, 3.63) is 22.7 Å². The zero-order valence-electron chi connectivity index (χ0n) is 14.4. The largest absolute Gasteiger partial charge is 0.493 e. The van der Waals surface area contributed by atoms with Crippen LogP contribution in [0.25, 0.3) is 0 Å². The van der Waals surface area contributed by atoms with Crippen LogP contribution < -0.4 is 14.8 Å². The molecule has 1 aliphatic rings. The summed E-state index contributed by atoms with van der Waals surface area (Å²) in [5, 5.41) is 3.42. The first-order chi connectivity index (χ1) is 10.8. The van der Waals surface area contributed by atoms with E-state index in [9.17, 15) is 4.79 Å². The van der Waals surface area contributed by atoms with E-state index < -0.39 is 0 Å². The summed E-state index contributed by atoms with van der Waals surface area (Å²) in [4.78, 5) is 12.6. The van der Waals surface area contributed by atoms with Crippen molar-refractivity contribution in [3.8, 4) is 11.5 Å². The maximum atomic E-state index is 12.6. The van der Waals surface area contributed by atoms with E-state index in [1.54, 1.807) is 19.2 Å². The third-order valence-electron chi connectivity index (χ3n) is 4.77. The number of hydrogen-bond acceptors (Lipinski definition) is 4. The summed E-state index contributed by atoms with van der Waals surface area (Å²) in [6.45, 7) is 6.26. The molecule has 0 bridgehead atoms. The summed E-state index contributed by atoms with van der Waals surface area (Å²) < 4.78 is 15.9. The van der Waals surface area contributed by atoms with Crippen molar-refractivity contribution in [1.29, 1.82) is 0 Å². The predicted molar refractivity (Wildman–Crippen MR) is 89.6 cm³/mol. The molecular weight excluding hydrogens is 318 g/mol. The minimum atomic E-state index is -0.188. The number of amides is 1. The molecule has 1 N–H and O–H groups in total. The van der Waals surface area contributed by atoms with E-state index in [0.29, 0.717) is 22.1 Å². The van der Waals surface area contributed by atoms with Gasteiger partial charge in [0.25, 0.3) is 5.91 Å². The molecule has 128 valence electrons. The van der Waals surface area contributed by atoms with Gasteiger partial charge in [-0.3, -0.25) is 4.79 Å². The zero-order chi connectivity index (χ0) is 17.4. The molecule has 1 fully saturated rings. The number of rotatable bonds is 5. The molecule has 1 aliphatic carbocycles. The van der Waals surface area contributed by atoms with E-state index in [0.717, 1.165) is 0 Å². The van der Waals surface area contributed by atoms with Gasteiger partial charge < -0.3 is 19.5 Å². The van der Waals surface area contributed by atoms with E-state index >= 15 is 0 Å². The molecule has 3 atom stereocenters. The van der Waals surface area contributed by atoms with Crippen molar-refractivity contribution in [2.45, 2.75) is 32.9 Å². The third-order valence-corrected chi connectivity index (χ3v) is 5.06. The molecule has 0 unspecified atom stereocenters. The van der Waals surface area contributed by atoms with Crippen molar-refractivity contribution in [3.63, 3.8) is 0 Å². The van der Waals surface area contributed by atoms with Crippen LogP contribution in [0.1, 0.15) is 31.1 Å². The topological polar surface area (TPSA) is 56.8 Å². The summed E-state index contributed by atoms with van der Waals surface area (Å²) in [5.74, 6) is 0.908. The molecule has 2 rings (SSSR count). The molecule has 1 amide bonds. The van der Waals surface area contributed by atoms with Crippen molar-refractivity contribution in [1.82, 2.24) is 5.32 Å². The zero-order valence-corrected chi connectivity index (χ0v) is 15.2. The summed E-state index contributed by atoms with van der Waals surface area (Å²) in [5.41, 5.74) is 0.320. The lowest BCUT2D eigenvalue weighted by atomic mass is 9.58. The lowest BCUT2D eigenvalue weighted by molar-refractivity contribution is -0.141. The van der Waals surface area contributed by atoms with Gasteiger partial charge in [-0.25, -0.2) is 0 Å². The van der Waals surface area contributed by atoms with Crippen molar-refractivity contribution in [2.24, 2.45) is 11.3 Å². The van der Waals surface area contributed by atoms with Crippen molar-refractivity contribution >= 4 is 17.5 Å². The van der Waals surface area contributed by atoms with Crippen molar-refractivity contribution in [2.75, 3.05) is 21.3 Å². The van der Waals surface area contributed by atoms with E-state index in [-0.39, 0.29) is 29.4 Å². The second kappa shape index (κ2) is 6.57. The first-order valence-corrected chi connectivity index (χ1v) is 7.90. The second-order valence-corrected chi connectivity index (χ2v) is 6.89. The Morgan fingerprint density at radius 2 is 1.87 bits per heavy atom. The lowest BCUT2D eigenvalue weighted by Crippen LogP contribution is -2.67. The van der Waals surface area contributed by atoms with Gasteiger partial charge in [0.15, 0.2) is 11.5 Å². The smallest absolute Gasteiger partial charge is 0.251 e. The summed E-state index contributed by atoms with van der Waals surface area (Å²) in [6, 6.07) is 3.25. The number of benzene rings is 1. The van der Waals surface area contributed by atoms with Gasteiger partial charge in [-0.2, -0.15) is 0 Å². The first-order valence-electron chi connectivity index (χ1n) is 7.53. The Kier molecular flexibility index (Phi) is 5.11. The quantitative estimate of drug-likeness (QED) is 0.893. The van der Waals surface area contributed by atoms with Gasteiger partial charge >= 0.3 is 0 Å². The lowest BCUT2D eigenvalue weighted by Gasteiger charge is -2.56. The molecule has 1 saturated carbocycles. The minimum Gasteiger partial charge on any atom is -0.493 e. The van der Waals surface area contributed by atoms with Crippen LogP contribution in [0.4, 0.5) is 0 Å². The Bertz CT molecular complexity index is 603. The normalized spacial score (nSPS) is 25.4. The van der Waals surface area contributed by atoms with Gasteiger partial charge in [0.05, 0.1) is 25.3 Å². The average Bonchev–Trinajstić information content (AvgIpc) is 2.51. The van der Waals surface area contributed by atoms with E-state index in [2.05, 4.69) is 26.1 Å². The number of halogens is 1. The first kappa shape index (κ1) is 17.9. The molecule has 0 spiro atoms. The van der Waals surface area contributed by atoms with Crippen LogP contribution in [-0.4, -0.2) is 39.4 Å². The van der Waals surface area contributed by atoms with Gasteiger partial charge in [-0.1, -0.05) is 32.4 Å². The van der Waals surface area contributed by atoms with Crippen LogP contribution >= 0.6 is 11.6 Å². The fourth-order valence-electron chi connectivity index (χ4n) is 3.70. The number of carbonyl (C=O) groups excluding carboxylic acids is 1. The molecule has 0 saturated heterocycles. The van der Waals surface area contributed by atoms with E-state index in [1.807, 2.05) is 0 Å². The highest BCUT2D eigenvalue weighted by molar-refractivity contribution is 6.32. The van der Waals surface area contributed by atoms with Gasteiger partial charge in [0.2, 0.25) is 0 Å². The fourth-order valence-corrected chi connectivity index (χ4v) is 3.99. The Labute approximate surface area is 142 Å². The van der Waals surface area contributed by atoms with Crippen LogP contribution in [0.15, 0.2) is 12.1 Å². The maximum absolute atomic E-state index is 12.6. The molecule has 1 aromatic carbocycles. The molecule has 0 heterocycles. The molecule has 6 heteroatoms. The van der Waals surface area contributed by atoms with Gasteiger partial charge in [-0.05, 0) is 12.1 Å². The van der Waals surface area contributed by atoms with Crippen LogP contribution in [0.5, 0.6) is 11.5 Å². The standard InChI is InChI=1S/C17H24ClNO4/c1-9-14(17(2,3)15(9)23-6)19-16(20)10-7-11(18)13(22-5)12(8-10)21-4/h7-9,14-15H,1-6H3,(H,19,20)/t9-,14-,15+/m1/s1. The molecule has 23 heavy (non-hydrogen) atoms. The highest BCUT2D eigenvalue weighted by Crippen LogP contribution is 2.47. The molecule has 1 aromatic rings. The average molecular weight is 342 g/mol. The van der Waals surface area contributed by atoms with Crippen LogP contribution in [0.3, 0.4) is 0 Å². The van der Waals surface area contributed by atoms with Crippen LogP contribution in [0, 0.1) is 11.3 Å². The maximum Gasteiger partial charge on any atom is 0.251 e. The van der Waals surface area contributed by atoms with E-state index in [1.165, 1.54) is 14.2 Å².